The van der Waals surface area contributed by atoms with Gasteiger partial charge in [-0.2, -0.15) is 0 Å². The van der Waals surface area contributed by atoms with Gasteiger partial charge < -0.3 is 15.1 Å². The van der Waals surface area contributed by atoms with Crippen molar-refractivity contribution in [1.29, 1.82) is 0 Å². The maximum Gasteiger partial charge on any atom is 0.317 e. The molecule has 1 aliphatic heterocycles. The fraction of sp³-hybridized carbons (Fsp3) is 0.300. The quantitative estimate of drug-likeness (QED) is 0.718. The number of carbonyl (C=O) groups is 2. The molecule has 0 spiro atoms. The van der Waals surface area contributed by atoms with E-state index in [9.17, 15) is 9.59 Å². The summed E-state index contributed by atoms with van der Waals surface area (Å²) in [4.78, 5) is 30.0. The molecule has 1 saturated heterocycles. The molecule has 2 heterocycles. The fourth-order valence-electron chi connectivity index (χ4n) is 2.86. The molecule has 0 unspecified atom stereocenters. The molecule has 142 valence electrons. The van der Waals surface area contributed by atoms with Gasteiger partial charge in [-0.25, -0.2) is 4.79 Å². The highest BCUT2D eigenvalue weighted by molar-refractivity contribution is 9.10. The lowest BCUT2D eigenvalue weighted by Crippen LogP contribution is -2.52. The fourth-order valence-corrected chi connectivity index (χ4v) is 4.04. The molecular weight excluding hydrogens is 426 g/mol. The maximum atomic E-state index is 12.4. The van der Waals surface area contributed by atoms with Gasteiger partial charge in [0.1, 0.15) is 0 Å². The number of hydrogen-bond donors (Lipinski definition) is 1. The van der Waals surface area contributed by atoms with Crippen LogP contribution in [-0.2, 0) is 4.79 Å². The largest absolute Gasteiger partial charge is 0.338 e. The molecule has 7 heteroatoms. The Hall–Kier alpha value is -2.12. The van der Waals surface area contributed by atoms with Crippen molar-refractivity contribution in [3.63, 3.8) is 0 Å². The van der Waals surface area contributed by atoms with E-state index in [1.165, 1.54) is 4.88 Å². The molecule has 1 N–H and O–H groups in total. The molecule has 0 atom stereocenters. The van der Waals surface area contributed by atoms with Crippen molar-refractivity contribution < 1.29 is 9.59 Å². The van der Waals surface area contributed by atoms with E-state index in [2.05, 4.69) is 39.4 Å². The lowest BCUT2D eigenvalue weighted by Gasteiger charge is -2.34. The Morgan fingerprint density at radius 3 is 2.41 bits per heavy atom. The maximum absolute atomic E-state index is 12.4. The molecule has 1 aromatic carbocycles. The number of halogens is 1. The van der Waals surface area contributed by atoms with Crippen LogP contribution in [0, 0.1) is 0 Å². The van der Waals surface area contributed by atoms with Crippen LogP contribution in [0.5, 0.6) is 0 Å². The lowest BCUT2D eigenvalue weighted by atomic mass is 10.2. The van der Waals surface area contributed by atoms with E-state index >= 15 is 0 Å². The van der Waals surface area contributed by atoms with Crippen LogP contribution in [0.1, 0.15) is 11.8 Å². The van der Waals surface area contributed by atoms with Gasteiger partial charge in [0.25, 0.3) is 0 Å². The number of thiophene rings is 1. The standard InChI is InChI=1S/C20H22BrN3O2S/c1-2-22-20(26)24-13-11-23(12-14-24)19(25)10-8-17-7-9-18(27-17)15-3-5-16(21)6-4-15/h3-10H,2,11-14H2,1H3,(H,22,26). The van der Waals surface area contributed by atoms with Gasteiger partial charge >= 0.3 is 6.03 Å². The summed E-state index contributed by atoms with van der Waals surface area (Å²) in [7, 11) is 0. The van der Waals surface area contributed by atoms with Gasteiger partial charge in [-0.1, -0.05) is 28.1 Å². The Bertz CT molecular complexity index is 824. The SMILES string of the molecule is CCNC(=O)N1CCN(C(=O)C=Cc2ccc(-c3ccc(Br)cc3)s2)CC1. The second-order valence-electron chi connectivity index (χ2n) is 6.19. The number of urea groups is 1. The first-order valence-corrected chi connectivity index (χ1v) is 10.5. The molecule has 0 saturated carbocycles. The molecule has 0 bridgehead atoms. The summed E-state index contributed by atoms with van der Waals surface area (Å²) in [6, 6.07) is 12.2. The van der Waals surface area contributed by atoms with Crippen molar-refractivity contribution >= 4 is 45.3 Å². The Labute approximate surface area is 171 Å². The van der Waals surface area contributed by atoms with E-state index in [0.29, 0.717) is 32.7 Å². The predicted octanol–water partition coefficient (Wildman–Crippen LogP) is 4.06. The van der Waals surface area contributed by atoms with Crippen LogP contribution in [0.4, 0.5) is 4.79 Å². The van der Waals surface area contributed by atoms with Crippen LogP contribution in [0.2, 0.25) is 0 Å². The molecule has 2 aromatic rings. The van der Waals surface area contributed by atoms with Gasteiger partial charge in [0.2, 0.25) is 5.91 Å². The normalized spacial score (nSPS) is 14.6. The highest BCUT2D eigenvalue weighted by atomic mass is 79.9. The van der Waals surface area contributed by atoms with Crippen LogP contribution in [0.15, 0.2) is 46.9 Å². The number of benzene rings is 1. The summed E-state index contributed by atoms with van der Waals surface area (Å²) in [6.45, 7) is 4.78. The Morgan fingerprint density at radius 2 is 1.74 bits per heavy atom. The molecule has 27 heavy (non-hydrogen) atoms. The van der Waals surface area contributed by atoms with Crippen LogP contribution in [0.25, 0.3) is 16.5 Å². The van der Waals surface area contributed by atoms with Crippen LogP contribution >= 0.6 is 27.3 Å². The molecule has 5 nitrogen and oxygen atoms in total. The molecule has 1 fully saturated rings. The average Bonchev–Trinajstić information content (AvgIpc) is 3.16. The highest BCUT2D eigenvalue weighted by Crippen LogP contribution is 2.29. The number of amides is 3. The number of nitrogens with one attached hydrogen (secondary N) is 1. The zero-order valence-electron chi connectivity index (χ0n) is 15.2. The van der Waals surface area contributed by atoms with Crippen LogP contribution in [0.3, 0.4) is 0 Å². The summed E-state index contributed by atoms with van der Waals surface area (Å²) in [5.41, 5.74) is 1.16. The monoisotopic (exact) mass is 447 g/mol. The second kappa shape index (κ2) is 9.19. The Kier molecular flexibility index (Phi) is 6.68. The van der Waals surface area contributed by atoms with E-state index in [4.69, 9.17) is 0 Å². The number of rotatable bonds is 4. The van der Waals surface area contributed by atoms with E-state index in [-0.39, 0.29) is 11.9 Å². The van der Waals surface area contributed by atoms with E-state index in [1.807, 2.05) is 31.2 Å². The smallest absolute Gasteiger partial charge is 0.317 e. The third-order valence-corrected chi connectivity index (χ3v) is 5.98. The number of nitrogens with zero attached hydrogens (tertiary/aromatic N) is 2. The number of piperazine rings is 1. The van der Waals surface area contributed by atoms with Gasteiger partial charge in [-0.3, -0.25) is 4.79 Å². The lowest BCUT2D eigenvalue weighted by molar-refractivity contribution is -0.127. The first kappa shape index (κ1) is 19.6. The average molecular weight is 448 g/mol. The highest BCUT2D eigenvalue weighted by Gasteiger charge is 2.22. The van der Waals surface area contributed by atoms with Crippen molar-refractivity contribution in [3.8, 4) is 10.4 Å². The molecular formula is C20H22BrN3O2S. The van der Waals surface area contributed by atoms with E-state index in [1.54, 1.807) is 27.2 Å². The third kappa shape index (κ3) is 5.20. The molecule has 1 aromatic heterocycles. The number of hydrogen-bond acceptors (Lipinski definition) is 3. The van der Waals surface area contributed by atoms with E-state index in [0.717, 1.165) is 14.9 Å². The minimum Gasteiger partial charge on any atom is -0.338 e. The van der Waals surface area contributed by atoms with Crippen molar-refractivity contribution in [3.05, 3.63) is 51.8 Å². The zero-order chi connectivity index (χ0) is 19.2. The van der Waals surface area contributed by atoms with Crippen molar-refractivity contribution in [1.82, 2.24) is 15.1 Å². The van der Waals surface area contributed by atoms with Gasteiger partial charge in [0.15, 0.2) is 0 Å². The summed E-state index contributed by atoms with van der Waals surface area (Å²) >= 11 is 5.10. The third-order valence-electron chi connectivity index (χ3n) is 4.35. The minimum absolute atomic E-state index is 0.0101. The first-order chi connectivity index (χ1) is 13.1. The van der Waals surface area contributed by atoms with Crippen LogP contribution in [-0.4, -0.2) is 54.5 Å². The summed E-state index contributed by atoms with van der Waals surface area (Å²) in [5, 5.41) is 2.79. The van der Waals surface area contributed by atoms with Gasteiger partial charge in [0, 0.05) is 53.0 Å². The predicted molar refractivity (Wildman–Crippen MR) is 114 cm³/mol. The topological polar surface area (TPSA) is 52.7 Å². The van der Waals surface area contributed by atoms with Crippen molar-refractivity contribution in [2.75, 3.05) is 32.7 Å². The second-order valence-corrected chi connectivity index (χ2v) is 8.22. The van der Waals surface area contributed by atoms with Crippen molar-refractivity contribution in [2.45, 2.75) is 6.92 Å². The van der Waals surface area contributed by atoms with Gasteiger partial charge in [-0.15, -0.1) is 11.3 Å². The van der Waals surface area contributed by atoms with Gasteiger partial charge in [-0.05, 0) is 42.8 Å². The molecule has 3 amide bonds. The molecule has 3 rings (SSSR count). The number of carbonyl (C=O) groups excluding carboxylic acids is 2. The molecule has 1 aliphatic rings. The van der Waals surface area contributed by atoms with Gasteiger partial charge in [0.05, 0.1) is 0 Å². The zero-order valence-corrected chi connectivity index (χ0v) is 17.6. The van der Waals surface area contributed by atoms with Crippen molar-refractivity contribution in [2.24, 2.45) is 0 Å². The molecule has 0 radical (unpaired) electrons. The minimum atomic E-state index is -0.0563. The summed E-state index contributed by atoms with van der Waals surface area (Å²) < 4.78 is 1.06. The van der Waals surface area contributed by atoms with Crippen LogP contribution < -0.4 is 5.32 Å². The Morgan fingerprint density at radius 1 is 1.07 bits per heavy atom. The first-order valence-electron chi connectivity index (χ1n) is 8.92. The summed E-state index contributed by atoms with van der Waals surface area (Å²) in [5.74, 6) is -0.0101. The van der Waals surface area contributed by atoms with E-state index < -0.39 is 0 Å². The molecule has 0 aliphatic carbocycles. The Balaban J connectivity index is 1.55. The summed E-state index contributed by atoms with van der Waals surface area (Å²) in [6.07, 6.45) is 3.49.